The van der Waals surface area contributed by atoms with Gasteiger partial charge in [-0.1, -0.05) is 23.7 Å². The minimum absolute atomic E-state index is 0.221. The Morgan fingerprint density at radius 1 is 1.04 bits per heavy atom. The van der Waals surface area contributed by atoms with Gasteiger partial charge in [-0.3, -0.25) is 14.4 Å². The lowest BCUT2D eigenvalue weighted by Gasteiger charge is -2.13. The Morgan fingerprint density at radius 3 is 2.29 bits per heavy atom. The third kappa shape index (κ3) is 5.92. The molecule has 7 nitrogen and oxygen atoms in total. The molecule has 0 spiro atoms. The number of ether oxygens (including phenoxy) is 1. The van der Waals surface area contributed by atoms with Crippen molar-refractivity contribution in [1.82, 2.24) is 5.32 Å². The number of Topliss-reactive ketones (excluding diaryl/α,β-unsaturated/α-hetero) is 1. The maximum Gasteiger partial charge on any atom is 0.328 e. The smallest absolute Gasteiger partial charge is 0.328 e. The van der Waals surface area contributed by atoms with Crippen LogP contribution in [0, 0.1) is 0 Å². The van der Waals surface area contributed by atoms with E-state index >= 15 is 0 Å². The first-order valence-corrected chi connectivity index (χ1v) is 8.78. The number of ketones is 1. The largest absolute Gasteiger partial charge is 0.456 e. The molecular formula is C20H19ClN2O5. The lowest BCUT2D eigenvalue weighted by Crippen LogP contribution is -2.40. The van der Waals surface area contributed by atoms with E-state index in [9.17, 15) is 19.2 Å². The van der Waals surface area contributed by atoms with Crippen molar-refractivity contribution >= 4 is 40.9 Å². The molecule has 0 unspecified atom stereocenters. The molecule has 2 aromatic carbocycles. The second-order valence-electron chi connectivity index (χ2n) is 5.96. The number of benzene rings is 2. The number of halogens is 1. The molecule has 8 heteroatoms. The fraction of sp³-hybridized carbons (Fsp3) is 0.200. The van der Waals surface area contributed by atoms with Gasteiger partial charge in [0, 0.05) is 18.2 Å². The van der Waals surface area contributed by atoms with Crippen LogP contribution in [0.5, 0.6) is 0 Å². The second-order valence-corrected chi connectivity index (χ2v) is 6.37. The fourth-order valence-corrected chi connectivity index (χ4v) is 2.49. The molecule has 2 rings (SSSR count). The van der Waals surface area contributed by atoms with Gasteiger partial charge in [-0.25, -0.2) is 4.79 Å². The highest BCUT2D eigenvalue weighted by Gasteiger charge is 2.20. The highest BCUT2D eigenvalue weighted by molar-refractivity contribution is 6.33. The summed E-state index contributed by atoms with van der Waals surface area (Å²) in [7, 11) is 0. The minimum atomic E-state index is -0.960. The number of hydrogen-bond acceptors (Lipinski definition) is 5. The molecule has 28 heavy (non-hydrogen) atoms. The highest BCUT2D eigenvalue weighted by atomic mass is 35.5. The second kappa shape index (κ2) is 9.66. The van der Waals surface area contributed by atoms with E-state index in [0.717, 1.165) is 0 Å². The molecule has 0 bridgehead atoms. The van der Waals surface area contributed by atoms with Crippen LogP contribution < -0.4 is 10.6 Å². The third-order valence-corrected chi connectivity index (χ3v) is 4.02. The van der Waals surface area contributed by atoms with Crippen molar-refractivity contribution in [3.05, 3.63) is 64.7 Å². The summed E-state index contributed by atoms with van der Waals surface area (Å²) >= 11 is 5.95. The van der Waals surface area contributed by atoms with E-state index in [4.69, 9.17) is 16.3 Å². The number of carbonyl (C=O) groups is 4. The van der Waals surface area contributed by atoms with Crippen LogP contribution in [0.25, 0.3) is 0 Å². The van der Waals surface area contributed by atoms with Crippen molar-refractivity contribution < 1.29 is 23.9 Å². The Morgan fingerprint density at radius 2 is 1.68 bits per heavy atom. The van der Waals surface area contributed by atoms with Crippen LogP contribution in [0.15, 0.2) is 48.5 Å². The molecule has 2 aromatic rings. The van der Waals surface area contributed by atoms with Gasteiger partial charge in [0.2, 0.25) is 5.91 Å². The van der Waals surface area contributed by atoms with Crippen LogP contribution in [-0.4, -0.2) is 36.2 Å². The SMILES string of the molecule is CC(=O)Nc1ccc(C(=O)COC(=O)[C@H](C)NC(=O)c2ccccc2Cl)cc1. The molecule has 0 heterocycles. The maximum atomic E-state index is 12.1. The Balaban J connectivity index is 1.87. The number of carbonyl (C=O) groups excluding carboxylic acids is 4. The summed E-state index contributed by atoms with van der Waals surface area (Å²) in [5.41, 5.74) is 1.12. The molecule has 0 aromatic heterocycles. The van der Waals surface area contributed by atoms with E-state index < -0.39 is 30.3 Å². The average Bonchev–Trinajstić information content (AvgIpc) is 2.66. The molecular weight excluding hydrogens is 384 g/mol. The number of esters is 1. The highest BCUT2D eigenvalue weighted by Crippen LogP contribution is 2.15. The summed E-state index contributed by atoms with van der Waals surface area (Å²) in [4.78, 5) is 47.3. The van der Waals surface area contributed by atoms with E-state index in [0.29, 0.717) is 11.3 Å². The van der Waals surface area contributed by atoms with Crippen LogP contribution in [0.4, 0.5) is 5.69 Å². The quantitative estimate of drug-likeness (QED) is 0.547. The number of nitrogens with one attached hydrogen (secondary N) is 2. The van der Waals surface area contributed by atoms with Crippen LogP contribution >= 0.6 is 11.6 Å². The molecule has 0 fully saturated rings. The van der Waals surface area contributed by atoms with Crippen molar-refractivity contribution in [2.24, 2.45) is 0 Å². The third-order valence-electron chi connectivity index (χ3n) is 3.69. The van der Waals surface area contributed by atoms with E-state index in [2.05, 4.69) is 10.6 Å². The van der Waals surface area contributed by atoms with Crippen molar-refractivity contribution in [3.63, 3.8) is 0 Å². The first-order chi connectivity index (χ1) is 13.3. The maximum absolute atomic E-state index is 12.1. The van der Waals surface area contributed by atoms with E-state index in [1.54, 1.807) is 30.3 Å². The molecule has 0 saturated carbocycles. The van der Waals surface area contributed by atoms with Gasteiger partial charge in [0.1, 0.15) is 6.04 Å². The zero-order valence-electron chi connectivity index (χ0n) is 15.3. The zero-order chi connectivity index (χ0) is 20.7. The summed E-state index contributed by atoms with van der Waals surface area (Å²) in [5, 5.41) is 5.33. The first kappa shape index (κ1) is 21.1. The predicted octanol–water partition coefficient (Wildman–Crippen LogP) is 2.84. The Labute approximate surface area is 167 Å². The van der Waals surface area contributed by atoms with Crippen LogP contribution in [0.2, 0.25) is 5.02 Å². The average molecular weight is 403 g/mol. The van der Waals surface area contributed by atoms with Gasteiger partial charge in [-0.15, -0.1) is 0 Å². The Bertz CT molecular complexity index is 896. The predicted molar refractivity (Wildman–Crippen MR) is 104 cm³/mol. The van der Waals surface area contributed by atoms with E-state index in [-0.39, 0.29) is 16.5 Å². The van der Waals surface area contributed by atoms with Crippen molar-refractivity contribution in [2.45, 2.75) is 19.9 Å². The number of rotatable bonds is 7. The summed E-state index contributed by atoms with van der Waals surface area (Å²) in [6.45, 7) is 2.36. The van der Waals surface area contributed by atoms with Gasteiger partial charge in [0.15, 0.2) is 12.4 Å². The van der Waals surface area contributed by atoms with Crippen molar-refractivity contribution in [3.8, 4) is 0 Å². The van der Waals surface area contributed by atoms with E-state index in [1.165, 1.54) is 32.0 Å². The molecule has 146 valence electrons. The molecule has 0 aliphatic heterocycles. The fourth-order valence-electron chi connectivity index (χ4n) is 2.27. The van der Waals surface area contributed by atoms with Crippen LogP contribution in [-0.2, 0) is 14.3 Å². The van der Waals surface area contributed by atoms with Gasteiger partial charge in [-0.2, -0.15) is 0 Å². The molecule has 2 amide bonds. The van der Waals surface area contributed by atoms with Gasteiger partial charge >= 0.3 is 5.97 Å². The number of anilines is 1. The zero-order valence-corrected chi connectivity index (χ0v) is 16.1. The summed E-state index contributed by atoms with van der Waals surface area (Å²) < 4.78 is 4.98. The monoisotopic (exact) mass is 402 g/mol. The lowest BCUT2D eigenvalue weighted by atomic mass is 10.1. The number of amides is 2. The first-order valence-electron chi connectivity index (χ1n) is 8.41. The molecule has 0 aliphatic carbocycles. The van der Waals surface area contributed by atoms with Gasteiger partial charge < -0.3 is 15.4 Å². The van der Waals surface area contributed by atoms with Crippen LogP contribution in [0.1, 0.15) is 34.6 Å². The molecule has 1 atom stereocenters. The summed E-state index contributed by atoms with van der Waals surface area (Å²) in [6.07, 6.45) is 0. The normalized spacial score (nSPS) is 11.2. The molecule has 2 N–H and O–H groups in total. The molecule has 0 saturated heterocycles. The topological polar surface area (TPSA) is 102 Å². The van der Waals surface area contributed by atoms with Gasteiger partial charge in [0.25, 0.3) is 5.91 Å². The van der Waals surface area contributed by atoms with Crippen molar-refractivity contribution in [2.75, 3.05) is 11.9 Å². The van der Waals surface area contributed by atoms with Crippen LogP contribution in [0.3, 0.4) is 0 Å². The summed E-state index contributed by atoms with van der Waals surface area (Å²) in [6, 6.07) is 11.7. The summed E-state index contributed by atoms with van der Waals surface area (Å²) in [5.74, 6) is -1.90. The Kier molecular flexibility index (Phi) is 7.28. The molecule has 0 aliphatic rings. The van der Waals surface area contributed by atoms with E-state index in [1.807, 2.05) is 0 Å². The van der Waals surface area contributed by atoms with Gasteiger partial charge in [-0.05, 0) is 43.3 Å². The Hall–Kier alpha value is -3.19. The van der Waals surface area contributed by atoms with Gasteiger partial charge in [0.05, 0.1) is 10.6 Å². The van der Waals surface area contributed by atoms with Crippen molar-refractivity contribution in [1.29, 1.82) is 0 Å². The lowest BCUT2D eigenvalue weighted by molar-refractivity contribution is -0.144. The molecule has 0 radical (unpaired) electrons. The minimum Gasteiger partial charge on any atom is -0.456 e. The standard InChI is InChI=1S/C20H19ClN2O5/c1-12(22-19(26)16-5-3-4-6-17(16)21)20(27)28-11-18(25)14-7-9-15(10-8-14)23-13(2)24/h3-10,12H,11H2,1-2H3,(H,22,26)(H,23,24)/t12-/m0/s1. The number of hydrogen-bond donors (Lipinski definition) is 2.